The van der Waals surface area contributed by atoms with Crippen LogP contribution < -0.4 is 8.38 Å². The number of carbonyl (C=O) groups excluding carboxylic acids is 1. The van der Waals surface area contributed by atoms with Gasteiger partial charge in [-0.1, -0.05) is 40.6 Å². The lowest BCUT2D eigenvalue weighted by molar-refractivity contribution is -0.114. The zero-order chi connectivity index (χ0) is 20.5. The summed E-state index contributed by atoms with van der Waals surface area (Å²) in [5.74, 6) is 0.361. The molecular formula is C20H22IN3O4. The highest BCUT2D eigenvalue weighted by Crippen LogP contribution is 2.22. The summed E-state index contributed by atoms with van der Waals surface area (Å²) < 4.78 is 5.33. The van der Waals surface area contributed by atoms with Crippen LogP contribution in [-0.4, -0.2) is 31.5 Å². The van der Waals surface area contributed by atoms with Crippen LogP contribution >= 0.6 is 23.0 Å². The number of oxime groups is 2. The first kappa shape index (κ1) is 21.7. The van der Waals surface area contributed by atoms with Crippen LogP contribution in [0.1, 0.15) is 29.2 Å². The van der Waals surface area contributed by atoms with E-state index in [0.29, 0.717) is 17.0 Å². The van der Waals surface area contributed by atoms with E-state index in [1.54, 1.807) is 13.1 Å². The Balaban J connectivity index is 2.29. The molecule has 0 spiro atoms. The van der Waals surface area contributed by atoms with Gasteiger partial charge in [0.15, 0.2) is 28.7 Å². The van der Waals surface area contributed by atoms with E-state index in [1.165, 1.54) is 7.11 Å². The average molecular weight is 495 g/mol. The molecule has 0 saturated carbocycles. The van der Waals surface area contributed by atoms with E-state index in [0.717, 1.165) is 16.7 Å². The quantitative estimate of drug-likeness (QED) is 0.344. The molecule has 7 nitrogen and oxygen atoms in total. The van der Waals surface area contributed by atoms with Gasteiger partial charge < -0.3 is 18.1 Å². The van der Waals surface area contributed by atoms with Crippen molar-refractivity contribution in [2.75, 3.05) is 14.2 Å². The van der Waals surface area contributed by atoms with Gasteiger partial charge in [0.25, 0.3) is 5.91 Å². The number of nitrogens with one attached hydrogen (secondary N) is 1. The molecule has 2 aromatic carbocycles. The van der Waals surface area contributed by atoms with Gasteiger partial charge in [-0.15, -0.1) is 0 Å². The summed E-state index contributed by atoms with van der Waals surface area (Å²) >= 11 is 1.83. The first-order valence-corrected chi connectivity index (χ1v) is 9.38. The fraction of sp³-hybridized carbons (Fsp3) is 0.250. The minimum atomic E-state index is -0.346. The molecule has 0 bridgehead atoms. The number of benzene rings is 2. The predicted molar refractivity (Wildman–Crippen MR) is 117 cm³/mol. The largest absolute Gasteiger partial charge is 0.427 e. The molecule has 2 rings (SSSR count). The minimum Gasteiger partial charge on any atom is -0.427 e. The Morgan fingerprint density at radius 3 is 2.50 bits per heavy atom. The topological polar surface area (TPSA) is 81.5 Å². The number of halogens is 1. The average Bonchev–Trinajstić information content (AvgIpc) is 2.72. The number of nitrogens with zero attached hydrogens (tertiary/aromatic N) is 2. The number of rotatable bonds is 8. The SMILES string of the molecule is CNC(=O)/C(=N/OC)c1cccc(C)c1CO/N=C(\C)c1ccccc1OI. The van der Waals surface area contributed by atoms with E-state index in [2.05, 4.69) is 15.6 Å². The normalized spacial score (nSPS) is 11.8. The van der Waals surface area contributed by atoms with Crippen LogP contribution in [0, 0.1) is 6.92 Å². The highest BCUT2D eigenvalue weighted by Gasteiger charge is 2.19. The van der Waals surface area contributed by atoms with Crippen LogP contribution in [0.4, 0.5) is 0 Å². The molecule has 0 radical (unpaired) electrons. The Bertz CT molecular complexity index is 897. The summed E-state index contributed by atoms with van der Waals surface area (Å²) in [4.78, 5) is 22.6. The highest BCUT2D eigenvalue weighted by atomic mass is 127. The Morgan fingerprint density at radius 1 is 1.11 bits per heavy atom. The van der Waals surface area contributed by atoms with E-state index in [4.69, 9.17) is 12.7 Å². The molecule has 0 aliphatic heterocycles. The van der Waals surface area contributed by atoms with Crippen molar-refractivity contribution in [2.24, 2.45) is 10.3 Å². The van der Waals surface area contributed by atoms with Gasteiger partial charge in [0, 0.05) is 23.7 Å². The zero-order valence-electron chi connectivity index (χ0n) is 16.2. The second-order valence-electron chi connectivity index (χ2n) is 5.83. The lowest BCUT2D eigenvalue weighted by Crippen LogP contribution is -2.29. The molecule has 8 heteroatoms. The molecule has 1 N–H and O–H groups in total. The van der Waals surface area contributed by atoms with Gasteiger partial charge >= 0.3 is 0 Å². The minimum absolute atomic E-state index is 0.173. The number of para-hydroxylation sites is 1. The van der Waals surface area contributed by atoms with Crippen LogP contribution in [0.5, 0.6) is 5.75 Å². The maximum absolute atomic E-state index is 12.2. The molecule has 28 heavy (non-hydrogen) atoms. The van der Waals surface area contributed by atoms with Gasteiger partial charge in [0.2, 0.25) is 0 Å². The van der Waals surface area contributed by atoms with Crippen LogP contribution in [0.25, 0.3) is 0 Å². The maximum atomic E-state index is 12.2. The lowest BCUT2D eigenvalue weighted by Gasteiger charge is -2.13. The maximum Gasteiger partial charge on any atom is 0.273 e. The van der Waals surface area contributed by atoms with Crippen molar-refractivity contribution in [1.82, 2.24) is 5.32 Å². The number of hydrogen-bond donors (Lipinski definition) is 1. The molecule has 0 heterocycles. The smallest absolute Gasteiger partial charge is 0.273 e. The van der Waals surface area contributed by atoms with Gasteiger partial charge in [-0.05, 0) is 31.5 Å². The van der Waals surface area contributed by atoms with Crippen molar-refractivity contribution in [3.05, 3.63) is 64.7 Å². The van der Waals surface area contributed by atoms with Crippen LogP contribution in [0.15, 0.2) is 52.8 Å². The van der Waals surface area contributed by atoms with Crippen molar-refractivity contribution in [3.63, 3.8) is 0 Å². The number of hydrogen-bond acceptors (Lipinski definition) is 6. The number of amides is 1. The summed E-state index contributed by atoms with van der Waals surface area (Å²) in [6.45, 7) is 3.95. The second kappa shape index (κ2) is 10.6. The van der Waals surface area contributed by atoms with Gasteiger partial charge in [-0.3, -0.25) is 4.79 Å². The fourth-order valence-electron chi connectivity index (χ4n) is 2.61. The Hall–Kier alpha value is -2.62. The van der Waals surface area contributed by atoms with Crippen LogP contribution in [0.3, 0.4) is 0 Å². The van der Waals surface area contributed by atoms with Crippen LogP contribution in [0.2, 0.25) is 0 Å². The third-order valence-corrected chi connectivity index (χ3v) is 4.53. The van der Waals surface area contributed by atoms with Crippen molar-refractivity contribution in [2.45, 2.75) is 20.5 Å². The summed E-state index contributed by atoms with van der Waals surface area (Å²) in [6.07, 6.45) is 0. The Kier molecular flexibility index (Phi) is 8.24. The number of aryl methyl sites for hydroxylation is 1. The predicted octanol–water partition coefficient (Wildman–Crippen LogP) is 3.76. The summed E-state index contributed by atoms with van der Waals surface area (Å²) in [6, 6.07) is 13.2. The Labute approximate surface area is 178 Å². The van der Waals surface area contributed by atoms with E-state index in [9.17, 15) is 4.79 Å². The molecule has 0 fully saturated rings. The highest BCUT2D eigenvalue weighted by molar-refractivity contribution is 14.1. The van der Waals surface area contributed by atoms with Crippen molar-refractivity contribution < 1.29 is 17.5 Å². The Morgan fingerprint density at radius 2 is 1.82 bits per heavy atom. The first-order valence-electron chi connectivity index (χ1n) is 8.50. The van der Waals surface area contributed by atoms with Crippen molar-refractivity contribution in [1.29, 1.82) is 0 Å². The molecule has 0 aromatic heterocycles. The molecule has 0 saturated heterocycles. The third kappa shape index (κ3) is 5.22. The lowest BCUT2D eigenvalue weighted by atomic mass is 9.98. The van der Waals surface area contributed by atoms with E-state index in [1.807, 2.05) is 73.3 Å². The molecular weight excluding hydrogens is 473 g/mol. The molecule has 0 aliphatic rings. The van der Waals surface area contributed by atoms with E-state index < -0.39 is 0 Å². The first-order chi connectivity index (χ1) is 13.5. The molecule has 2 aromatic rings. The summed E-state index contributed by atoms with van der Waals surface area (Å²) in [5.41, 5.74) is 4.08. The van der Waals surface area contributed by atoms with Gasteiger partial charge in [0.1, 0.15) is 19.5 Å². The van der Waals surface area contributed by atoms with Crippen molar-refractivity contribution >= 4 is 40.3 Å². The van der Waals surface area contributed by atoms with Gasteiger partial charge in [-0.25, -0.2) is 0 Å². The second-order valence-corrected chi connectivity index (χ2v) is 6.27. The number of likely N-dealkylation sites (N-methyl/N-ethyl adjacent to an activating group) is 1. The third-order valence-electron chi connectivity index (χ3n) is 4.06. The van der Waals surface area contributed by atoms with Gasteiger partial charge in [-0.2, -0.15) is 0 Å². The van der Waals surface area contributed by atoms with Gasteiger partial charge in [0.05, 0.1) is 5.71 Å². The van der Waals surface area contributed by atoms with E-state index in [-0.39, 0.29) is 18.2 Å². The molecule has 0 atom stereocenters. The molecule has 0 unspecified atom stereocenters. The molecule has 0 aliphatic carbocycles. The summed E-state index contributed by atoms with van der Waals surface area (Å²) in [5, 5.41) is 10.7. The zero-order valence-corrected chi connectivity index (χ0v) is 18.3. The molecule has 1 amide bonds. The number of carbonyl (C=O) groups is 1. The molecule has 148 valence electrons. The summed E-state index contributed by atoms with van der Waals surface area (Å²) in [7, 11) is 2.94. The van der Waals surface area contributed by atoms with Crippen LogP contribution in [-0.2, 0) is 21.1 Å². The van der Waals surface area contributed by atoms with E-state index >= 15 is 0 Å². The fourth-order valence-corrected chi connectivity index (χ4v) is 3.00. The standard InChI is InChI=1S/C20H22IN3O4/c1-13-8-7-10-16(19(24-26-4)20(25)22-3)17(13)12-27-23-14(2)15-9-5-6-11-18(15)28-21/h5-11H,12H2,1-4H3,(H,22,25)/b23-14+,24-19+. The monoisotopic (exact) mass is 495 g/mol. The van der Waals surface area contributed by atoms with Crippen molar-refractivity contribution in [3.8, 4) is 5.75 Å².